The third-order valence-electron chi connectivity index (χ3n) is 12.2. The number of nitrogens with zero attached hydrogens (tertiary/aromatic N) is 2. The molecule has 0 unspecified atom stereocenters. The van der Waals surface area contributed by atoms with Crippen molar-refractivity contribution in [3.05, 3.63) is 217 Å². The highest BCUT2D eigenvalue weighted by Gasteiger charge is 2.36. The Morgan fingerprint density at radius 3 is 1.79 bits per heavy atom. The zero-order valence-electron chi connectivity index (χ0n) is 32.0. The van der Waals surface area contributed by atoms with Crippen LogP contribution >= 0.6 is 0 Å². The van der Waals surface area contributed by atoms with E-state index in [1.54, 1.807) is 0 Å². The molecule has 2 heteroatoms. The van der Waals surface area contributed by atoms with Crippen LogP contribution in [0, 0.1) is 0 Å². The number of rotatable bonds is 6. The highest BCUT2D eigenvalue weighted by atomic mass is 15.1. The number of aromatic nitrogens is 1. The number of hydrogen-bond donors (Lipinski definition) is 0. The molecule has 10 aromatic rings. The van der Waals surface area contributed by atoms with E-state index in [9.17, 15) is 0 Å². The molecule has 0 spiro atoms. The summed E-state index contributed by atoms with van der Waals surface area (Å²) >= 11 is 0. The molecular weight excluding hydrogens is 689 g/mol. The molecule has 11 rings (SSSR count). The fourth-order valence-corrected chi connectivity index (χ4v) is 9.39. The lowest BCUT2D eigenvalue weighted by molar-refractivity contribution is 0.660. The summed E-state index contributed by atoms with van der Waals surface area (Å²) in [5, 5.41) is 4.87. The molecule has 0 fully saturated rings. The second-order valence-electron chi connectivity index (χ2n) is 15.8. The summed E-state index contributed by atoms with van der Waals surface area (Å²) in [7, 11) is 0. The predicted molar refractivity (Wildman–Crippen MR) is 241 cm³/mol. The molecule has 1 aromatic heterocycles. The molecule has 1 aliphatic carbocycles. The predicted octanol–water partition coefficient (Wildman–Crippen LogP) is 15.0. The van der Waals surface area contributed by atoms with E-state index in [0.29, 0.717) is 0 Å². The molecule has 9 aromatic carbocycles. The van der Waals surface area contributed by atoms with Crippen LogP contribution < -0.4 is 4.90 Å². The van der Waals surface area contributed by atoms with Crippen LogP contribution in [-0.2, 0) is 5.41 Å². The van der Waals surface area contributed by atoms with Crippen LogP contribution in [0.15, 0.2) is 206 Å². The molecule has 0 aliphatic heterocycles. The van der Waals surface area contributed by atoms with E-state index in [0.717, 1.165) is 22.7 Å². The molecule has 270 valence electrons. The van der Waals surface area contributed by atoms with Gasteiger partial charge in [0.15, 0.2) is 0 Å². The van der Waals surface area contributed by atoms with Crippen LogP contribution in [0.1, 0.15) is 25.0 Å². The van der Waals surface area contributed by atoms with Crippen molar-refractivity contribution in [3.8, 4) is 39.1 Å². The van der Waals surface area contributed by atoms with Crippen molar-refractivity contribution in [2.45, 2.75) is 19.3 Å². The van der Waals surface area contributed by atoms with Crippen LogP contribution in [0.3, 0.4) is 0 Å². The second-order valence-corrected chi connectivity index (χ2v) is 15.8. The highest BCUT2D eigenvalue weighted by molar-refractivity contribution is 6.25. The summed E-state index contributed by atoms with van der Waals surface area (Å²) < 4.78 is 2.48. The first kappa shape index (κ1) is 33.2. The summed E-state index contributed by atoms with van der Waals surface area (Å²) in [5.74, 6) is 0. The molecule has 0 amide bonds. The van der Waals surface area contributed by atoms with Gasteiger partial charge in [0, 0.05) is 38.6 Å². The molecule has 0 saturated heterocycles. The Morgan fingerprint density at radius 2 is 1.02 bits per heavy atom. The number of fused-ring (bicyclic) bond motifs is 8. The van der Waals surface area contributed by atoms with E-state index >= 15 is 0 Å². The Morgan fingerprint density at radius 1 is 0.421 bits per heavy atom. The molecule has 57 heavy (non-hydrogen) atoms. The van der Waals surface area contributed by atoms with Gasteiger partial charge in [-0.1, -0.05) is 166 Å². The minimum atomic E-state index is -0.128. The minimum Gasteiger partial charge on any atom is -0.310 e. The molecular formula is C55H40N2. The van der Waals surface area contributed by atoms with E-state index < -0.39 is 0 Å². The fraction of sp³-hybridized carbons (Fsp3) is 0.0545. The van der Waals surface area contributed by atoms with E-state index in [1.165, 1.54) is 77.1 Å². The van der Waals surface area contributed by atoms with Crippen molar-refractivity contribution in [1.82, 2.24) is 4.57 Å². The van der Waals surface area contributed by atoms with Gasteiger partial charge < -0.3 is 9.47 Å². The Balaban J connectivity index is 1.21. The van der Waals surface area contributed by atoms with E-state index in [-0.39, 0.29) is 5.41 Å². The number of benzene rings is 9. The Bertz CT molecular complexity index is 3120. The van der Waals surface area contributed by atoms with Gasteiger partial charge in [-0.2, -0.15) is 0 Å². The lowest BCUT2D eigenvalue weighted by atomic mass is 9.82. The maximum absolute atomic E-state index is 2.49. The molecule has 0 atom stereocenters. The Hall–Kier alpha value is -7.16. The van der Waals surface area contributed by atoms with Gasteiger partial charge in [0.05, 0.1) is 16.7 Å². The molecule has 2 nitrogen and oxygen atoms in total. The van der Waals surface area contributed by atoms with E-state index in [4.69, 9.17) is 0 Å². The normalized spacial score (nSPS) is 12.9. The SMILES string of the molecule is CC1(C)c2ccccc2-c2ccc(N(c3ccccc3)c3cc4ccccc4c4c3c3cc(-c5ccc(-c6ccccc6)cc5)ccc3n4-c3ccccc3)cc21. The van der Waals surface area contributed by atoms with Crippen LogP contribution in [0.25, 0.3) is 71.6 Å². The van der Waals surface area contributed by atoms with E-state index in [1.807, 2.05) is 0 Å². The third kappa shape index (κ3) is 5.25. The Kier molecular flexibility index (Phi) is 7.55. The third-order valence-corrected chi connectivity index (χ3v) is 12.2. The molecule has 0 bridgehead atoms. The fourth-order valence-electron chi connectivity index (χ4n) is 9.39. The van der Waals surface area contributed by atoms with Crippen LogP contribution in [0.2, 0.25) is 0 Å². The number of para-hydroxylation sites is 2. The van der Waals surface area contributed by atoms with Crippen molar-refractivity contribution in [2.24, 2.45) is 0 Å². The van der Waals surface area contributed by atoms with Crippen molar-refractivity contribution >= 4 is 49.6 Å². The van der Waals surface area contributed by atoms with Crippen LogP contribution in [0.4, 0.5) is 17.1 Å². The molecule has 1 aliphatic rings. The summed E-state index contributed by atoms with van der Waals surface area (Å²) in [6, 6.07) is 75.7. The maximum atomic E-state index is 2.49. The average Bonchev–Trinajstić information content (AvgIpc) is 3.73. The maximum Gasteiger partial charge on any atom is 0.0640 e. The van der Waals surface area contributed by atoms with Crippen molar-refractivity contribution in [1.29, 1.82) is 0 Å². The Labute approximate surface area is 333 Å². The lowest BCUT2D eigenvalue weighted by Crippen LogP contribution is -2.16. The van der Waals surface area contributed by atoms with Gasteiger partial charge in [0.1, 0.15) is 0 Å². The van der Waals surface area contributed by atoms with Crippen molar-refractivity contribution in [3.63, 3.8) is 0 Å². The van der Waals surface area contributed by atoms with Crippen molar-refractivity contribution in [2.75, 3.05) is 4.90 Å². The number of hydrogen-bond acceptors (Lipinski definition) is 1. The van der Waals surface area contributed by atoms with Gasteiger partial charge in [0.2, 0.25) is 0 Å². The quantitative estimate of drug-likeness (QED) is 0.165. The first-order valence-corrected chi connectivity index (χ1v) is 19.9. The van der Waals surface area contributed by atoms with Crippen LogP contribution in [-0.4, -0.2) is 4.57 Å². The first-order valence-electron chi connectivity index (χ1n) is 19.9. The molecule has 0 saturated carbocycles. The molecule has 1 heterocycles. The van der Waals surface area contributed by atoms with Gasteiger partial charge in [-0.25, -0.2) is 0 Å². The van der Waals surface area contributed by atoms with Gasteiger partial charge in [0.25, 0.3) is 0 Å². The smallest absolute Gasteiger partial charge is 0.0640 e. The molecule has 0 radical (unpaired) electrons. The number of anilines is 3. The molecule has 0 N–H and O–H groups in total. The summed E-state index contributed by atoms with van der Waals surface area (Å²) in [4.78, 5) is 2.49. The zero-order valence-corrected chi connectivity index (χ0v) is 32.0. The second kappa shape index (κ2) is 13.0. The van der Waals surface area contributed by atoms with Gasteiger partial charge >= 0.3 is 0 Å². The summed E-state index contributed by atoms with van der Waals surface area (Å²) in [5.41, 5.74) is 17.0. The van der Waals surface area contributed by atoms with Gasteiger partial charge in [-0.15, -0.1) is 0 Å². The first-order chi connectivity index (χ1) is 28.0. The van der Waals surface area contributed by atoms with Gasteiger partial charge in [-0.05, 0) is 104 Å². The van der Waals surface area contributed by atoms with Crippen molar-refractivity contribution < 1.29 is 0 Å². The standard InChI is InChI=1S/C55H40N2/c1-55(2)49-25-15-14-24-46(49)47-32-31-44(36-50(47)55)56(42-19-8-4-9-20-42)52-35-41-18-12-13-23-45(41)54-53(52)48-34-40(30-33-51(48)57(54)43-21-10-5-11-22-43)39-28-26-38(27-29-39)37-16-6-3-7-17-37/h3-36H,1-2H3. The lowest BCUT2D eigenvalue weighted by Gasteiger charge is -2.29. The topological polar surface area (TPSA) is 8.17 Å². The summed E-state index contributed by atoms with van der Waals surface area (Å²) in [6.07, 6.45) is 0. The highest BCUT2D eigenvalue weighted by Crippen LogP contribution is 2.52. The monoisotopic (exact) mass is 728 g/mol. The van der Waals surface area contributed by atoms with Gasteiger partial charge in [-0.3, -0.25) is 0 Å². The minimum absolute atomic E-state index is 0.128. The summed E-state index contributed by atoms with van der Waals surface area (Å²) in [6.45, 7) is 4.73. The average molecular weight is 729 g/mol. The largest absolute Gasteiger partial charge is 0.310 e. The van der Waals surface area contributed by atoms with Crippen LogP contribution in [0.5, 0.6) is 0 Å². The zero-order chi connectivity index (χ0) is 38.1. The van der Waals surface area contributed by atoms with E-state index in [2.05, 4.69) is 230 Å².